The van der Waals surface area contributed by atoms with Crippen LogP contribution in [0.25, 0.3) is 10.2 Å². The van der Waals surface area contributed by atoms with E-state index < -0.39 is 0 Å². The molecule has 174 valence electrons. The number of hydrogen-bond acceptors (Lipinski definition) is 8. The summed E-state index contributed by atoms with van der Waals surface area (Å²) in [7, 11) is 0. The van der Waals surface area contributed by atoms with Crippen molar-refractivity contribution in [2.45, 2.75) is 37.9 Å². The molecule has 0 atom stereocenters. The molecule has 3 aromatic rings. The predicted molar refractivity (Wildman–Crippen MR) is 134 cm³/mol. The predicted octanol–water partition coefficient (Wildman–Crippen LogP) is 3.36. The normalized spacial score (nSPS) is 16.1. The van der Waals surface area contributed by atoms with Gasteiger partial charge in [-0.25, -0.2) is 9.97 Å². The lowest BCUT2D eigenvalue weighted by Crippen LogP contribution is -2.36. The number of aromatic nitrogens is 3. The molecule has 8 nitrogen and oxygen atoms in total. The number of carbonyl (C=O) groups excluding carboxylic acids is 1. The number of H-pyrrole nitrogens is 1. The Kier molecular flexibility index (Phi) is 6.93. The van der Waals surface area contributed by atoms with Crippen LogP contribution < -0.4 is 15.8 Å². The Morgan fingerprint density at radius 2 is 2.09 bits per heavy atom. The highest BCUT2D eigenvalue weighted by atomic mass is 32.2. The highest BCUT2D eigenvalue weighted by molar-refractivity contribution is 7.98. The molecule has 0 radical (unpaired) electrons. The average Bonchev–Trinajstić information content (AvgIpc) is 3.22. The van der Waals surface area contributed by atoms with Crippen molar-refractivity contribution in [2.75, 3.05) is 42.3 Å². The van der Waals surface area contributed by atoms with E-state index in [0.717, 1.165) is 48.4 Å². The zero-order chi connectivity index (χ0) is 22.6. The number of amides is 1. The van der Waals surface area contributed by atoms with E-state index >= 15 is 0 Å². The standard InChI is InChI=1S/C23H27N5O3S2/c29-20(25-15-5-6-19(24-13-15)28-8-10-31-11-9-28)7-12-32-14-18-26-22(30)21-16-3-1-2-4-17(16)33-23(21)27-18/h5-6,13H,1-4,7-12,14H2,(H,25,29)(H,26,27,30). The zero-order valence-electron chi connectivity index (χ0n) is 18.4. The maximum atomic E-state index is 12.6. The highest BCUT2D eigenvalue weighted by Crippen LogP contribution is 2.33. The number of ether oxygens (including phenoxy) is 1. The van der Waals surface area contributed by atoms with Crippen LogP contribution in [0.1, 0.15) is 35.5 Å². The van der Waals surface area contributed by atoms with Gasteiger partial charge >= 0.3 is 0 Å². The number of carbonyl (C=O) groups is 1. The fraction of sp³-hybridized carbons (Fsp3) is 0.478. The fourth-order valence-corrected chi connectivity index (χ4v) is 6.36. The van der Waals surface area contributed by atoms with Gasteiger partial charge in [0.1, 0.15) is 16.5 Å². The molecule has 0 bridgehead atoms. The Hall–Kier alpha value is -2.43. The number of hydrogen-bond donors (Lipinski definition) is 2. The molecule has 0 aromatic carbocycles. The summed E-state index contributed by atoms with van der Waals surface area (Å²) in [6, 6.07) is 3.81. The summed E-state index contributed by atoms with van der Waals surface area (Å²) in [6.45, 7) is 3.09. The molecule has 0 unspecified atom stereocenters. The first-order chi connectivity index (χ1) is 16.2. The van der Waals surface area contributed by atoms with Gasteiger partial charge in [-0.05, 0) is 43.4 Å². The zero-order valence-corrected chi connectivity index (χ0v) is 20.0. The van der Waals surface area contributed by atoms with Gasteiger partial charge < -0.3 is 19.9 Å². The van der Waals surface area contributed by atoms with E-state index in [4.69, 9.17) is 9.72 Å². The monoisotopic (exact) mass is 485 g/mol. The van der Waals surface area contributed by atoms with E-state index in [1.54, 1.807) is 29.3 Å². The van der Waals surface area contributed by atoms with Crippen LogP contribution in [-0.4, -0.2) is 52.9 Å². The number of rotatable bonds is 7. The molecular weight excluding hydrogens is 458 g/mol. The number of nitrogens with zero attached hydrogens (tertiary/aromatic N) is 3. The third-order valence-corrected chi connectivity index (χ3v) is 8.11. The minimum atomic E-state index is -0.0498. The first-order valence-electron chi connectivity index (χ1n) is 11.4. The Balaban J connectivity index is 1.10. The highest BCUT2D eigenvalue weighted by Gasteiger charge is 2.19. The number of anilines is 2. The number of aromatic amines is 1. The summed E-state index contributed by atoms with van der Waals surface area (Å²) in [4.78, 5) is 41.4. The van der Waals surface area contributed by atoms with Gasteiger partial charge in [0.2, 0.25) is 5.91 Å². The molecule has 33 heavy (non-hydrogen) atoms. The molecule has 1 aliphatic heterocycles. The summed E-state index contributed by atoms with van der Waals surface area (Å²) < 4.78 is 5.37. The summed E-state index contributed by atoms with van der Waals surface area (Å²) in [6.07, 6.45) is 6.45. The van der Waals surface area contributed by atoms with E-state index in [0.29, 0.717) is 42.7 Å². The van der Waals surface area contributed by atoms with E-state index in [1.807, 2.05) is 12.1 Å². The molecule has 4 heterocycles. The van der Waals surface area contributed by atoms with Crippen molar-refractivity contribution in [3.8, 4) is 0 Å². The largest absolute Gasteiger partial charge is 0.378 e. The van der Waals surface area contributed by atoms with Crippen LogP contribution in [0.5, 0.6) is 0 Å². The van der Waals surface area contributed by atoms with Crippen LogP contribution in [0.4, 0.5) is 11.5 Å². The van der Waals surface area contributed by atoms with Crippen molar-refractivity contribution in [3.63, 3.8) is 0 Å². The van der Waals surface area contributed by atoms with Gasteiger partial charge in [0, 0.05) is 30.1 Å². The van der Waals surface area contributed by atoms with Crippen molar-refractivity contribution in [1.82, 2.24) is 15.0 Å². The minimum Gasteiger partial charge on any atom is -0.378 e. The number of aryl methyl sites for hydroxylation is 2. The molecule has 1 fully saturated rings. The molecule has 1 saturated heterocycles. The van der Waals surface area contributed by atoms with Crippen molar-refractivity contribution in [3.05, 3.63) is 44.9 Å². The lowest BCUT2D eigenvalue weighted by molar-refractivity contribution is -0.115. The van der Waals surface area contributed by atoms with Crippen LogP contribution >= 0.6 is 23.1 Å². The number of thiophene rings is 1. The number of thioether (sulfide) groups is 1. The molecule has 0 spiro atoms. The average molecular weight is 486 g/mol. The van der Waals surface area contributed by atoms with Gasteiger partial charge in [-0.2, -0.15) is 11.8 Å². The van der Waals surface area contributed by atoms with E-state index in [2.05, 4.69) is 20.2 Å². The quantitative estimate of drug-likeness (QED) is 0.495. The summed E-state index contributed by atoms with van der Waals surface area (Å²) in [5.41, 5.74) is 1.87. The maximum absolute atomic E-state index is 12.6. The van der Waals surface area contributed by atoms with Crippen molar-refractivity contribution >= 4 is 50.7 Å². The summed E-state index contributed by atoms with van der Waals surface area (Å²) >= 11 is 3.26. The first kappa shape index (κ1) is 22.4. The van der Waals surface area contributed by atoms with Crippen LogP contribution in [0.3, 0.4) is 0 Å². The molecule has 10 heteroatoms. The van der Waals surface area contributed by atoms with E-state index in [-0.39, 0.29) is 11.5 Å². The molecule has 1 aliphatic carbocycles. The van der Waals surface area contributed by atoms with E-state index in [9.17, 15) is 9.59 Å². The second-order valence-corrected chi connectivity index (χ2v) is 10.4. The van der Waals surface area contributed by atoms with Crippen LogP contribution in [-0.2, 0) is 28.1 Å². The third kappa shape index (κ3) is 5.23. The number of morpholine rings is 1. The second kappa shape index (κ2) is 10.2. The molecule has 5 rings (SSSR count). The van der Waals surface area contributed by atoms with Gasteiger partial charge in [0.15, 0.2) is 0 Å². The van der Waals surface area contributed by atoms with Crippen LogP contribution in [0.15, 0.2) is 23.1 Å². The van der Waals surface area contributed by atoms with Gasteiger partial charge in [0.05, 0.1) is 36.2 Å². The van der Waals surface area contributed by atoms with Gasteiger partial charge in [0.25, 0.3) is 5.56 Å². The summed E-state index contributed by atoms with van der Waals surface area (Å²) in [5, 5.41) is 3.69. The number of nitrogens with one attached hydrogen (secondary N) is 2. The Bertz CT molecular complexity index is 1190. The maximum Gasteiger partial charge on any atom is 0.259 e. The van der Waals surface area contributed by atoms with Crippen LogP contribution in [0, 0.1) is 0 Å². The van der Waals surface area contributed by atoms with Crippen LogP contribution in [0.2, 0.25) is 0 Å². The Morgan fingerprint density at radius 3 is 2.91 bits per heavy atom. The molecule has 2 N–H and O–H groups in total. The molecule has 0 saturated carbocycles. The number of pyridine rings is 1. The Labute approximate surface area is 200 Å². The minimum absolute atomic E-state index is 0.0271. The van der Waals surface area contributed by atoms with E-state index in [1.165, 1.54) is 16.9 Å². The first-order valence-corrected chi connectivity index (χ1v) is 13.3. The lowest BCUT2D eigenvalue weighted by Gasteiger charge is -2.27. The molecule has 2 aliphatic rings. The molecule has 1 amide bonds. The van der Waals surface area contributed by atoms with Crippen molar-refractivity contribution < 1.29 is 9.53 Å². The topological polar surface area (TPSA) is 100 Å². The smallest absolute Gasteiger partial charge is 0.259 e. The van der Waals surface area contributed by atoms with Gasteiger partial charge in [-0.15, -0.1) is 11.3 Å². The SMILES string of the molecule is O=C(CCSCc1nc2sc3c(c2c(=O)[nH]1)CCCC3)Nc1ccc(N2CCOCC2)nc1. The molecule has 3 aromatic heterocycles. The fourth-order valence-electron chi connectivity index (χ4n) is 4.27. The van der Waals surface area contributed by atoms with Crippen molar-refractivity contribution in [2.24, 2.45) is 0 Å². The Morgan fingerprint density at radius 1 is 1.24 bits per heavy atom. The van der Waals surface area contributed by atoms with Crippen molar-refractivity contribution in [1.29, 1.82) is 0 Å². The summed E-state index contributed by atoms with van der Waals surface area (Å²) in [5.74, 6) is 2.76. The second-order valence-electron chi connectivity index (χ2n) is 8.26. The third-order valence-electron chi connectivity index (χ3n) is 5.95. The van der Waals surface area contributed by atoms with Gasteiger partial charge in [-0.1, -0.05) is 0 Å². The van der Waals surface area contributed by atoms with Gasteiger partial charge in [-0.3, -0.25) is 9.59 Å². The number of fused-ring (bicyclic) bond motifs is 3. The lowest BCUT2D eigenvalue weighted by atomic mass is 9.97. The molecular formula is C23H27N5O3S2.